The van der Waals surface area contributed by atoms with E-state index in [1.165, 1.54) is 6.07 Å². The summed E-state index contributed by atoms with van der Waals surface area (Å²) >= 11 is 0. The molecule has 1 rings (SSSR count). The Kier molecular flexibility index (Phi) is 5.38. The van der Waals surface area contributed by atoms with Crippen LogP contribution >= 0.6 is 0 Å². The lowest BCUT2D eigenvalue weighted by Crippen LogP contribution is -2.20. The van der Waals surface area contributed by atoms with Gasteiger partial charge in [0.1, 0.15) is 0 Å². The standard InChI is InChI=1S/C13H18F3N3O/c1-2-3-4-11(20)9-6-5-8(13(14,15)16)7-10(9)12(17)19-18/h5-7,11,20H,2-4,18H2,1H3,(H2,17,19). The summed E-state index contributed by atoms with van der Waals surface area (Å²) in [6.07, 6.45) is -3.33. The Morgan fingerprint density at radius 1 is 1.40 bits per heavy atom. The molecule has 1 aromatic rings. The van der Waals surface area contributed by atoms with Crippen LogP contribution in [0.25, 0.3) is 0 Å². The summed E-state index contributed by atoms with van der Waals surface area (Å²) in [5.74, 6) is 4.80. The molecule has 0 aliphatic carbocycles. The van der Waals surface area contributed by atoms with Crippen LogP contribution in [0.1, 0.15) is 49.0 Å². The monoisotopic (exact) mass is 289 g/mol. The van der Waals surface area contributed by atoms with E-state index in [-0.39, 0.29) is 11.4 Å². The van der Waals surface area contributed by atoms with Crippen molar-refractivity contribution in [2.45, 2.75) is 38.5 Å². The van der Waals surface area contributed by atoms with Crippen molar-refractivity contribution in [3.8, 4) is 0 Å². The quantitative estimate of drug-likeness (QED) is 0.337. The summed E-state index contributed by atoms with van der Waals surface area (Å²) in [5, 5.41) is 13.3. The normalized spacial score (nSPS) is 14.3. The second-order valence-corrected chi connectivity index (χ2v) is 4.47. The first-order valence-corrected chi connectivity index (χ1v) is 6.24. The minimum atomic E-state index is -4.49. The minimum absolute atomic E-state index is 0.0194. The second-order valence-electron chi connectivity index (χ2n) is 4.47. The van der Waals surface area contributed by atoms with Gasteiger partial charge in [-0.3, -0.25) is 0 Å². The zero-order valence-electron chi connectivity index (χ0n) is 11.1. The van der Waals surface area contributed by atoms with E-state index >= 15 is 0 Å². The molecule has 4 nitrogen and oxygen atoms in total. The van der Waals surface area contributed by atoms with Gasteiger partial charge in [0.05, 0.1) is 11.7 Å². The van der Waals surface area contributed by atoms with Crippen molar-refractivity contribution in [2.75, 3.05) is 0 Å². The summed E-state index contributed by atoms with van der Waals surface area (Å²) in [5.41, 5.74) is 4.99. The lowest BCUT2D eigenvalue weighted by molar-refractivity contribution is -0.137. The molecular weight excluding hydrogens is 271 g/mol. The Morgan fingerprint density at radius 2 is 2.05 bits per heavy atom. The van der Waals surface area contributed by atoms with Gasteiger partial charge in [0.25, 0.3) is 0 Å². The first kappa shape index (κ1) is 16.3. The van der Waals surface area contributed by atoms with Crippen LogP contribution in [0.2, 0.25) is 0 Å². The molecule has 0 saturated heterocycles. The fraction of sp³-hybridized carbons (Fsp3) is 0.462. The number of hydrogen-bond donors (Lipinski definition) is 3. The molecule has 0 saturated carbocycles. The summed E-state index contributed by atoms with van der Waals surface area (Å²) < 4.78 is 38.1. The molecule has 1 unspecified atom stereocenters. The van der Waals surface area contributed by atoms with Gasteiger partial charge < -0.3 is 16.7 Å². The maximum Gasteiger partial charge on any atom is 0.416 e. The van der Waals surface area contributed by atoms with E-state index in [9.17, 15) is 18.3 Å². The van der Waals surface area contributed by atoms with E-state index in [2.05, 4.69) is 5.10 Å². The highest BCUT2D eigenvalue weighted by Crippen LogP contribution is 2.32. The van der Waals surface area contributed by atoms with E-state index in [0.29, 0.717) is 12.0 Å². The zero-order chi connectivity index (χ0) is 15.3. The lowest BCUT2D eigenvalue weighted by Gasteiger charge is -2.17. The fourth-order valence-corrected chi connectivity index (χ4v) is 1.87. The van der Waals surface area contributed by atoms with Crippen molar-refractivity contribution in [3.05, 3.63) is 34.9 Å². The van der Waals surface area contributed by atoms with Crippen molar-refractivity contribution in [1.29, 1.82) is 0 Å². The highest BCUT2D eigenvalue weighted by Gasteiger charge is 2.31. The molecule has 0 fully saturated rings. The molecule has 20 heavy (non-hydrogen) atoms. The van der Waals surface area contributed by atoms with Crippen molar-refractivity contribution in [1.82, 2.24) is 0 Å². The molecule has 1 aromatic carbocycles. The number of hydrogen-bond acceptors (Lipinski definition) is 3. The molecule has 0 heterocycles. The third-order valence-corrected chi connectivity index (χ3v) is 2.99. The molecule has 0 aliphatic heterocycles. The van der Waals surface area contributed by atoms with Gasteiger partial charge in [-0.2, -0.15) is 18.3 Å². The molecule has 0 amide bonds. The van der Waals surface area contributed by atoms with Gasteiger partial charge in [0.2, 0.25) is 0 Å². The van der Waals surface area contributed by atoms with Gasteiger partial charge in [0, 0.05) is 5.56 Å². The van der Waals surface area contributed by atoms with Crippen LogP contribution < -0.4 is 11.6 Å². The van der Waals surface area contributed by atoms with Crippen LogP contribution in [-0.4, -0.2) is 10.9 Å². The number of halogens is 3. The van der Waals surface area contributed by atoms with Gasteiger partial charge in [-0.25, -0.2) is 0 Å². The Hall–Kier alpha value is -1.76. The van der Waals surface area contributed by atoms with E-state index in [1.807, 2.05) is 6.92 Å². The fourth-order valence-electron chi connectivity index (χ4n) is 1.87. The molecule has 1 atom stereocenters. The Bertz CT molecular complexity index is 486. The molecule has 7 heteroatoms. The van der Waals surface area contributed by atoms with Crippen molar-refractivity contribution in [2.24, 2.45) is 16.7 Å². The zero-order valence-corrected chi connectivity index (χ0v) is 11.1. The van der Waals surface area contributed by atoms with Crippen molar-refractivity contribution >= 4 is 5.84 Å². The number of nitrogens with zero attached hydrogens (tertiary/aromatic N) is 1. The number of aliphatic hydroxyl groups is 1. The van der Waals surface area contributed by atoms with Gasteiger partial charge in [-0.15, -0.1) is 0 Å². The molecule has 0 radical (unpaired) electrons. The summed E-state index contributed by atoms with van der Waals surface area (Å²) in [6, 6.07) is 2.99. The average molecular weight is 289 g/mol. The highest BCUT2D eigenvalue weighted by molar-refractivity contribution is 5.99. The molecule has 0 bridgehead atoms. The average Bonchev–Trinajstić information content (AvgIpc) is 2.42. The summed E-state index contributed by atoms with van der Waals surface area (Å²) in [6.45, 7) is 1.95. The lowest BCUT2D eigenvalue weighted by atomic mass is 9.96. The van der Waals surface area contributed by atoms with E-state index in [4.69, 9.17) is 11.6 Å². The second kappa shape index (κ2) is 6.60. The Labute approximate surface area is 115 Å². The van der Waals surface area contributed by atoms with Gasteiger partial charge in [0.15, 0.2) is 5.84 Å². The van der Waals surface area contributed by atoms with E-state index in [0.717, 1.165) is 25.0 Å². The number of nitrogens with two attached hydrogens (primary N) is 2. The number of benzene rings is 1. The molecule has 0 aliphatic rings. The molecule has 0 spiro atoms. The van der Waals surface area contributed by atoms with Crippen LogP contribution in [-0.2, 0) is 6.18 Å². The summed E-state index contributed by atoms with van der Waals surface area (Å²) in [4.78, 5) is 0. The number of amidine groups is 1. The number of unbranched alkanes of at least 4 members (excludes halogenated alkanes) is 1. The van der Waals surface area contributed by atoms with Gasteiger partial charge in [-0.05, 0) is 24.1 Å². The first-order chi connectivity index (χ1) is 9.31. The van der Waals surface area contributed by atoms with Crippen LogP contribution in [0.5, 0.6) is 0 Å². The maximum atomic E-state index is 12.7. The van der Waals surface area contributed by atoms with Crippen LogP contribution in [0.3, 0.4) is 0 Å². The number of alkyl halides is 3. The topological polar surface area (TPSA) is 84.6 Å². The van der Waals surface area contributed by atoms with Gasteiger partial charge >= 0.3 is 6.18 Å². The minimum Gasteiger partial charge on any atom is -0.388 e. The maximum absolute atomic E-state index is 12.7. The van der Waals surface area contributed by atoms with Crippen molar-refractivity contribution in [3.63, 3.8) is 0 Å². The highest BCUT2D eigenvalue weighted by atomic mass is 19.4. The van der Waals surface area contributed by atoms with Gasteiger partial charge in [-0.1, -0.05) is 25.8 Å². The van der Waals surface area contributed by atoms with Crippen LogP contribution in [0.4, 0.5) is 13.2 Å². The van der Waals surface area contributed by atoms with E-state index < -0.39 is 17.8 Å². The number of hydrazone groups is 1. The van der Waals surface area contributed by atoms with E-state index in [1.54, 1.807) is 0 Å². The number of rotatable bonds is 5. The largest absolute Gasteiger partial charge is 0.416 e. The predicted octanol–water partition coefficient (Wildman–Crippen LogP) is 2.51. The van der Waals surface area contributed by atoms with Crippen LogP contribution in [0.15, 0.2) is 23.3 Å². The van der Waals surface area contributed by atoms with Crippen molar-refractivity contribution < 1.29 is 18.3 Å². The Morgan fingerprint density at radius 3 is 2.55 bits per heavy atom. The SMILES string of the molecule is CCCCC(O)c1ccc(C(F)(F)F)cc1/C(N)=N/N. The number of aliphatic hydroxyl groups excluding tert-OH is 1. The molecule has 0 aromatic heterocycles. The molecule has 5 N–H and O–H groups in total. The van der Waals surface area contributed by atoms with Crippen LogP contribution in [0, 0.1) is 0 Å². The Balaban J connectivity index is 3.24. The third kappa shape index (κ3) is 3.86. The third-order valence-electron chi connectivity index (χ3n) is 2.99. The predicted molar refractivity (Wildman–Crippen MR) is 70.8 cm³/mol. The molecule has 112 valence electrons. The smallest absolute Gasteiger partial charge is 0.388 e. The first-order valence-electron chi connectivity index (χ1n) is 6.24. The summed E-state index contributed by atoms with van der Waals surface area (Å²) in [7, 11) is 0. The molecular formula is C13H18F3N3O.